The maximum absolute atomic E-state index is 7.49. The van der Waals surface area contributed by atoms with Gasteiger partial charge in [-0.3, -0.25) is 0 Å². The summed E-state index contributed by atoms with van der Waals surface area (Å²) in [6.45, 7) is 13.2. The molecule has 3 heteroatoms. The van der Waals surface area contributed by atoms with Crippen molar-refractivity contribution in [2.45, 2.75) is 40.0 Å². The molecule has 4 unspecified atom stereocenters. The van der Waals surface area contributed by atoms with Crippen LogP contribution < -0.4 is 5.32 Å². The van der Waals surface area contributed by atoms with Crippen LogP contribution in [0, 0.1) is 35.0 Å². The van der Waals surface area contributed by atoms with Gasteiger partial charge in [-0.25, -0.2) is 0 Å². The van der Waals surface area contributed by atoms with Gasteiger partial charge in [-0.1, -0.05) is 61.4 Å². The lowest BCUT2D eigenvalue weighted by molar-refractivity contribution is 0.201. The van der Waals surface area contributed by atoms with Crippen LogP contribution in [-0.2, 0) is 4.74 Å². The average molecular weight is 381 g/mol. The highest BCUT2D eigenvalue weighted by Crippen LogP contribution is 2.50. The quantitative estimate of drug-likeness (QED) is 0.318. The zero-order valence-corrected chi connectivity index (χ0v) is 17.7. The Balaban J connectivity index is 1.61. The van der Waals surface area contributed by atoms with Crippen molar-refractivity contribution in [1.82, 2.24) is 5.32 Å². The summed E-state index contributed by atoms with van der Waals surface area (Å²) in [4.78, 5) is 0. The predicted octanol–water partition coefficient (Wildman–Crippen LogP) is 5.44. The van der Waals surface area contributed by atoms with Gasteiger partial charge in [-0.2, -0.15) is 0 Å². The number of hydrogen-bond acceptors (Lipinski definition) is 3. The molecule has 0 fully saturated rings. The molecule has 28 heavy (non-hydrogen) atoms. The zero-order chi connectivity index (χ0) is 20.1. The van der Waals surface area contributed by atoms with E-state index in [1.165, 1.54) is 24.6 Å². The van der Waals surface area contributed by atoms with E-state index in [1.54, 1.807) is 17.2 Å². The van der Waals surface area contributed by atoms with Crippen molar-refractivity contribution in [3.05, 3.63) is 59.4 Å². The van der Waals surface area contributed by atoms with Crippen LogP contribution >= 0.6 is 0 Å². The molecule has 0 aromatic rings. The molecule has 2 N–H and O–H groups in total. The first-order chi connectivity index (χ1) is 13.5. The van der Waals surface area contributed by atoms with Gasteiger partial charge in [0, 0.05) is 12.5 Å². The number of allylic oxidation sites excluding steroid dienone is 6. The number of fused-ring (bicyclic) bond motifs is 2. The van der Waals surface area contributed by atoms with Crippen LogP contribution in [0.15, 0.2) is 59.4 Å². The van der Waals surface area contributed by atoms with Crippen LogP contribution in [0.2, 0.25) is 0 Å². The lowest BCUT2D eigenvalue weighted by Gasteiger charge is -2.47. The molecule has 0 bridgehead atoms. The monoisotopic (exact) mass is 380 g/mol. The maximum Gasteiger partial charge on any atom is 0.133 e. The average Bonchev–Trinajstić information content (AvgIpc) is 2.64. The minimum absolute atomic E-state index is 0.258. The number of nitrogens with one attached hydrogen (secondary N) is 2. The van der Waals surface area contributed by atoms with Crippen LogP contribution in [-0.4, -0.2) is 25.9 Å². The summed E-state index contributed by atoms with van der Waals surface area (Å²) in [7, 11) is 0. The molecule has 0 aromatic carbocycles. The minimum atomic E-state index is 0.258. The molecule has 5 atom stereocenters. The second kappa shape index (κ2) is 9.56. The molecular formula is C25H36N2O. The van der Waals surface area contributed by atoms with Crippen molar-refractivity contribution < 1.29 is 4.74 Å². The Bertz CT molecular complexity index is 712. The molecule has 3 aliphatic rings. The summed E-state index contributed by atoms with van der Waals surface area (Å²) in [5.41, 5.74) is 4.88. The Morgan fingerprint density at radius 1 is 1.36 bits per heavy atom. The summed E-state index contributed by atoms with van der Waals surface area (Å²) in [6, 6.07) is 0. The fraction of sp³-hybridized carbons (Fsp3) is 0.560. The largest absolute Gasteiger partial charge is 0.488 e. The summed E-state index contributed by atoms with van der Waals surface area (Å²) >= 11 is 0. The van der Waals surface area contributed by atoms with E-state index in [0.717, 1.165) is 37.3 Å². The highest BCUT2D eigenvalue weighted by molar-refractivity contribution is 5.72. The van der Waals surface area contributed by atoms with Crippen LogP contribution in [0.25, 0.3) is 0 Å². The fourth-order valence-corrected chi connectivity index (χ4v) is 5.24. The third-order valence-electron chi connectivity index (χ3n) is 6.56. The predicted molar refractivity (Wildman–Crippen MR) is 118 cm³/mol. The number of ether oxygens (including phenoxy) is 1. The van der Waals surface area contributed by atoms with E-state index in [1.807, 2.05) is 6.08 Å². The zero-order valence-electron chi connectivity index (χ0n) is 17.7. The van der Waals surface area contributed by atoms with Crippen LogP contribution in [0.5, 0.6) is 0 Å². The van der Waals surface area contributed by atoms with Crippen LogP contribution in [0.3, 0.4) is 0 Å². The topological polar surface area (TPSA) is 45.1 Å². The van der Waals surface area contributed by atoms with Gasteiger partial charge in [0.05, 0.1) is 6.21 Å². The molecular weight excluding hydrogens is 344 g/mol. The van der Waals surface area contributed by atoms with Crippen molar-refractivity contribution in [3.63, 3.8) is 0 Å². The molecule has 3 nitrogen and oxygen atoms in total. The molecule has 3 rings (SSSR count). The molecule has 0 spiro atoms. The van der Waals surface area contributed by atoms with Crippen molar-refractivity contribution in [1.29, 1.82) is 5.41 Å². The lowest BCUT2D eigenvalue weighted by atomic mass is 9.59. The Kier molecular flexibility index (Phi) is 7.12. The maximum atomic E-state index is 7.49. The van der Waals surface area contributed by atoms with Gasteiger partial charge in [0.15, 0.2) is 0 Å². The van der Waals surface area contributed by atoms with E-state index < -0.39 is 0 Å². The second-order valence-electron chi connectivity index (χ2n) is 8.78. The van der Waals surface area contributed by atoms with E-state index >= 15 is 0 Å². The standard InChI is InChI=1S/C25H36N2O/c1-5-10-28-21(15-26)13-18(3)11-17(2)12-19(4)25-14-20-16-27-9-8-22(20)23-6-7-24(23)25/h5-7,11,13,15,18-19,23-27H,1,8-10,12,14,16H2,2-4H3/b17-11+,21-13-,26-15?/t18?,19?,23-,24?,25?/m0/s1. The van der Waals surface area contributed by atoms with Gasteiger partial charge in [-0.15, -0.1) is 0 Å². The van der Waals surface area contributed by atoms with Gasteiger partial charge in [0.2, 0.25) is 0 Å². The summed E-state index contributed by atoms with van der Waals surface area (Å²) < 4.78 is 5.50. The Labute approximate surface area is 170 Å². The first kappa shape index (κ1) is 20.9. The highest BCUT2D eigenvalue weighted by Gasteiger charge is 2.41. The Hall–Kier alpha value is -1.87. The highest BCUT2D eigenvalue weighted by atomic mass is 16.5. The summed E-state index contributed by atoms with van der Waals surface area (Å²) in [5.74, 6) is 3.79. The number of rotatable bonds is 9. The van der Waals surface area contributed by atoms with Crippen molar-refractivity contribution in [3.8, 4) is 0 Å². The summed E-state index contributed by atoms with van der Waals surface area (Å²) in [5, 5.41) is 11.1. The Morgan fingerprint density at radius 2 is 2.18 bits per heavy atom. The Morgan fingerprint density at radius 3 is 2.86 bits per heavy atom. The van der Waals surface area contributed by atoms with Gasteiger partial charge >= 0.3 is 0 Å². The van der Waals surface area contributed by atoms with E-state index in [4.69, 9.17) is 10.1 Å². The van der Waals surface area contributed by atoms with Gasteiger partial charge in [0.25, 0.3) is 0 Å². The molecule has 0 saturated carbocycles. The molecule has 0 saturated heterocycles. The number of hydrogen-bond donors (Lipinski definition) is 2. The molecule has 1 heterocycles. The van der Waals surface area contributed by atoms with Crippen LogP contribution in [0.1, 0.15) is 40.0 Å². The normalized spacial score (nSPS) is 29.3. The second-order valence-corrected chi connectivity index (χ2v) is 8.78. The van der Waals surface area contributed by atoms with E-state index in [2.05, 4.69) is 50.9 Å². The first-order valence-corrected chi connectivity index (χ1v) is 10.8. The molecule has 1 aliphatic heterocycles. The third kappa shape index (κ3) is 4.75. The van der Waals surface area contributed by atoms with E-state index in [-0.39, 0.29) is 5.92 Å². The smallest absolute Gasteiger partial charge is 0.133 e. The summed E-state index contributed by atoms with van der Waals surface area (Å²) in [6.07, 6.45) is 15.9. The van der Waals surface area contributed by atoms with Crippen LogP contribution in [0.4, 0.5) is 0 Å². The molecule has 2 aliphatic carbocycles. The van der Waals surface area contributed by atoms with Gasteiger partial charge in [0.1, 0.15) is 12.4 Å². The van der Waals surface area contributed by atoms with Crippen molar-refractivity contribution >= 4 is 6.21 Å². The fourth-order valence-electron chi connectivity index (χ4n) is 5.24. The molecule has 152 valence electrons. The lowest BCUT2D eigenvalue weighted by Crippen LogP contribution is -2.41. The van der Waals surface area contributed by atoms with E-state index in [9.17, 15) is 0 Å². The first-order valence-electron chi connectivity index (χ1n) is 10.8. The minimum Gasteiger partial charge on any atom is -0.488 e. The third-order valence-corrected chi connectivity index (χ3v) is 6.56. The SMILES string of the molecule is C=CCO/C(C=N)=C\C(C)/C=C(\C)CC(C)C1CC2=C(CCNC2)[C@@H]2C=CC12. The molecule has 0 amide bonds. The van der Waals surface area contributed by atoms with Crippen molar-refractivity contribution in [2.24, 2.45) is 29.6 Å². The van der Waals surface area contributed by atoms with Crippen molar-refractivity contribution in [2.75, 3.05) is 19.7 Å². The molecule has 0 aromatic heterocycles. The van der Waals surface area contributed by atoms with Gasteiger partial charge < -0.3 is 15.5 Å². The van der Waals surface area contributed by atoms with E-state index in [0.29, 0.717) is 18.3 Å². The molecule has 0 radical (unpaired) electrons. The van der Waals surface area contributed by atoms with Gasteiger partial charge in [-0.05, 0) is 62.5 Å².